The summed E-state index contributed by atoms with van der Waals surface area (Å²) in [6, 6.07) is 1.89. The summed E-state index contributed by atoms with van der Waals surface area (Å²) >= 11 is 0. The van der Waals surface area contributed by atoms with Crippen LogP contribution < -0.4 is 5.32 Å². The topological polar surface area (TPSA) is 95.9 Å². The lowest BCUT2D eigenvalue weighted by atomic mass is 9.97. The molecule has 0 atom stereocenters. The van der Waals surface area contributed by atoms with Gasteiger partial charge >= 0.3 is 18.0 Å². The SMILES string of the molecule is CCOC(=O)c1cc(NC(=O)N2CCC(C(=O)O)CC2)c(F)cc1C. The third kappa shape index (κ3) is 4.46. The van der Waals surface area contributed by atoms with Gasteiger partial charge in [0.2, 0.25) is 0 Å². The number of amides is 2. The van der Waals surface area contributed by atoms with Crippen molar-refractivity contribution in [2.45, 2.75) is 26.7 Å². The number of carbonyl (C=O) groups is 3. The van der Waals surface area contributed by atoms with Gasteiger partial charge in [-0.3, -0.25) is 4.79 Å². The number of rotatable bonds is 4. The van der Waals surface area contributed by atoms with Gasteiger partial charge in [-0.15, -0.1) is 0 Å². The number of aliphatic carboxylic acids is 1. The first-order chi connectivity index (χ1) is 11.8. The number of esters is 1. The maximum atomic E-state index is 14.1. The maximum Gasteiger partial charge on any atom is 0.338 e. The molecule has 1 fully saturated rings. The summed E-state index contributed by atoms with van der Waals surface area (Å²) in [4.78, 5) is 36.5. The quantitative estimate of drug-likeness (QED) is 0.812. The molecule has 1 saturated heterocycles. The smallest absolute Gasteiger partial charge is 0.338 e. The van der Waals surface area contributed by atoms with Gasteiger partial charge in [0.15, 0.2) is 0 Å². The molecule has 0 aliphatic carbocycles. The Hall–Kier alpha value is -2.64. The molecular weight excluding hydrogens is 331 g/mol. The zero-order valence-electron chi connectivity index (χ0n) is 14.2. The van der Waals surface area contributed by atoms with Gasteiger partial charge in [0, 0.05) is 13.1 Å². The van der Waals surface area contributed by atoms with Crippen LogP contribution in [0.1, 0.15) is 35.7 Å². The molecule has 0 saturated carbocycles. The largest absolute Gasteiger partial charge is 0.481 e. The summed E-state index contributed by atoms with van der Waals surface area (Å²) in [5.41, 5.74) is 0.485. The fourth-order valence-electron chi connectivity index (χ4n) is 2.72. The molecule has 2 amide bonds. The summed E-state index contributed by atoms with van der Waals surface area (Å²) in [7, 11) is 0. The number of piperidine rings is 1. The summed E-state index contributed by atoms with van der Waals surface area (Å²) in [5, 5.41) is 11.4. The van der Waals surface area contributed by atoms with E-state index in [4.69, 9.17) is 9.84 Å². The van der Waals surface area contributed by atoms with E-state index in [9.17, 15) is 18.8 Å². The molecule has 0 radical (unpaired) electrons. The number of carboxylic acid groups (broad SMARTS) is 1. The molecule has 8 heteroatoms. The van der Waals surface area contributed by atoms with Gasteiger partial charge in [-0.2, -0.15) is 0 Å². The van der Waals surface area contributed by atoms with Crippen molar-refractivity contribution in [3.63, 3.8) is 0 Å². The molecule has 25 heavy (non-hydrogen) atoms. The van der Waals surface area contributed by atoms with Crippen molar-refractivity contribution >= 4 is 23.7 Å². The van der Waals surface area contributed by atoms with Crippen molar-refractivity contribution in [3.8, 4) is 0 Å². The first-order valence-electron chi connectivity index (χ1n) is 8.09. The highest BCUT2D eigenvalue weighted by molar-refractivity contribution is 5.95. The molecule has 1 aliphatic heterocycles. The summed E-state index contributed by atoms with van der Waals surface area (Å²) in [5.74, 6) is -2.57. The fourth-order valence-corrected chi connectivity index (χ4v) is 2.72. The number of benzene rings is 1. The number of halogens is 1. The van der Waals surface area contributed by atoms with Crippen molar-refractivity contribution in [3.05, 3.63) is 29.1 Å². The Labute approximate surface area is 144 Å². The average molecular weight is 352 g/mol. The van der Waals surface area contributed by atoms with Crippen LogP contribution in [0.4, 0.5) is 14.9 Å². The molecule has 0 spiro atoms. The lowest BCUT2D eigenvalue weighted by Gasteiger charge is -2.30. The molecule has 2 rings (SSSR count). The van der Waals surface area contributed by atoms with Crippen LogP contribution in [0.2, 0.25) is 0 Å². The Bertz CT molecular complexity index is 684. The highest BCUT2D eigenvalue weighted by atomic mass is 19.1. The van der Waals surface area contributed by atoms with Crippen LogP contribution in [0.25, 0.3) is 0 Å². The van der Waals surface area contributed by atoms with Crippen molar-refractivity contribution in [1.29, 1.82) is 0 Å². The second-order valence-corrected chi connectivity index (χ2v) is 5.90. The summed E-state index contributed by atoms with van der Waals surface area (Å²) < 4.78 is 19.0. The van der Waals surface area contributed by atoms with E-state index < -0.39 is 29.7 Å². The van der Waals surface area contributed by atoms with Crippen LogP contribution in [-0.4, -0.2) is 47.7 Å². The van der Waals surface area contributed by atoms with Gasteiger partial charge in [-0.25, -0.2) is 14.0 Å². The normalized spacial score (nSPS) is 14.9. The van der Waals surface area contributed by atoms with Gasteiger partial charge in [0.05, 0.1) is 23.8 Å². The van der Waals surface area contributed by atoms with Crippen LogP contribution >= 0.6 is 0 Å². The number of carboxylic acids is 1. The number of aryl methyl sites for hydroxylation is 1. The van der Waals surface area contributed by atoms with E-state index in [0.717, 1.165) is 0 Å². The molecule has 7 nitrogen and oxygen atoms in total. The Kier molecular flexibility index (Phi) is 5.95. The third-order valence-corrected chi connectivity index (χ3v) is 4.18. The molecule has 0 unspecified atom stereocenters. The number of hydrogen-bond acceptors (Lipinski definition) is 4. The monoisotopic (exact) mass is 352 g/mol. The second-order valence-electron chi connectivity index (χ2n) is 5.90. The lowest BCUT2D eigenvalue weighted by Crippen LogP contribution is -2.42. The van der Waals surface area contributed by atoms with E-state index >= 15 is 0 Å². The number of nitrogens with one attached hydrogen (secondary N) is 1. The van der Waals surface area contributed by atoms with Crippen molar-refractivity contribution in [1.82, 2.24) is 4.90 Å². The van der Waals surface area contributed by atoms with E-state index in [-0.39, 0.29) is 30.9 Å². The molecule has 2 N–H and O–H groups in total. The molecule has 1 aromatic rings. The van der Waals surface area contributed by atoms with Crippen molar-refractivity contribution in [2.24, 2.45) is 5.92 Å². The highest BCUT2D eigenvalue weighted by Gasteiger charge is 2.27. The first-order valence-corrected chi connectivity index (χ1v) is 8.09. The maximum absolute atomic E-state index is 14.1. The molecule has 1 aliphatic rings. The van der Waals surface area contributed by atoms with E-state index in [1.165, 1.54) is 17.0 Å². The number of nitrogens with zero attached hydrogens (tertiary/aromatic N) is 1. The minimum atomic E-state index is -0.872. The van der Waals surface area contributed by atoms with Gasteiger partial charge in [0.1, 0.15) is 5.82 Å². The van der Waals surface area contributed by atoms with Gasteiger partial charge in [0.25, 0.3) is 0 Å². The molecule has 1 heterocycles. The minimum absolute atomic E-state index is 0.112. The number of carbonyl (C=O) groups excluding carboxylic acids is 2. The number of anilines is 1. The zero-order valence-corrected chi connectivity index (χ0v) is 14.2. The molecule has 0 bridgehead atoms. The van der Waals surface area contributed by atoms with Crippen LogP contribution in [0, 0.1) is 18.7 Å². The second kappa shape index (κ2) is 7.96. The molecule has 1 aromatic carbocycles. The standard InChI is InChI=1S/C17H21FN2O5/c1-3-25-16(23)12-9-14(13(18)8-10(12)2)19-17(24)20-6-4-11(5-7-20)15(21)22/h8-9,11H,3-7H2,1-2H3,(H,19,24)(H,21,22). The van der Waals surface area contributed by atoms with E-state index in [2.05, 4.69) is 5.32 Å². The van der Waals surface area contributed by atoms with Crippen LogP contribution in [0.5, 0.6) is 0 Å². The highest BCUT2D eigenvalue weighted by Crippen LogP contribution is 2.23. The van der Waals surface area contributed by atoms with Crippen LogP contribution in [-0.2, 0) is 9.53 Å². The average Bonchev–Trinajstić information content (AvgIpc) is 2.57. The molecular formula is C17H21FN2O5. The number of ether oxygens (including phenoxy) is 1. The number of likely N-dealkylation sites (tertiary alicyclic amines) is 1. The van der Waals surface area contributed by atoms with Crippen molar-refractivity contribution < 1.29 is 28.6 Å². The third-order valence-electron chi connectivity index (χ3n) is 4.18. The van der Waals surface area contributed by atoms with Crippen molar-refractivity contribution in [2.75, 3.05) is 25.0 Å². The first kappa shape index (κ1) is 18.7. The van der Waals surface area contributed by atoms with E-state index in [0.29, 0.717) is 18.4 Å². The van der Waals surface area contributed by atoms with Crippen LogP contribution in [0.3, 0.4) is 0 Å². The predicted octanol–water partition coefficient (Wildman–Crippen LogP) is 2.64. The van der Waals surface area contributed by atoms with E-state index in [1.807, 2.05) is 0 Å². The Balaban J connectivity index is 2.09. The Morgan fingerprint density at radius 3 is 2.52 bits per heavy atom. The van der Waals surface area contributed by atoms with Gasteiger partial charge in [-0.05, 0) is 44.4 Å². The molecule has 0 aromatic heterocycles. The Morgan fingerprint density at radius 1 is 1.32 bits per heavy atom. The molecule has 136 valence electrons. The van der Waals surface area contributed by atoms with E-state index in [1.54, 1.807) is 13.8 Å². The predicted molar refractivity (Wildman–Crippen MR) is 88.0 cm³/mol. The number of hydrogen-bond donors (Lipinski definition) is 2. The van der Waals surface area contributed by atoms with Gasteiger partial charge in [-0.1, -0.05) is 0 Å². The number of urea groups is 1. The van der Waals surface area contributed by atoms with Gasteiger partial charge < -0.3 is 20.1 Å². The van der Waals surface area contributed by atoms with Crippen LogP contribution in [0.15, 0.2) is 12.1 Å². The summed E-state index contributed by atoms with van der Waals surface area (Å²) in [6.07, 6.45) is 0.709. The zero-order chi connectivity index (χ0) is 18.6. The Morgan fingerprint density at radius 2 is 1.96 bits per heavy atom. The minimum Gasteiger partial charge on any atom is -0.481 e. The fraction of sp³-hybridized carbons (Fsp3) is 0.471. The lowest BCUT2D eigenvalue weighted by molar-refractivity contribution is -0.143. The summed E-state index contributed by atoms with van der Waals surface area (Å²) in [6.45, 7) is 4.00.